The van der Waals surface area contributed by atoms with Crippen LogP contribution in [0.25, 0.3) is 0 Å². The normalized spacial score (nSPS) is 21.2. The van der Waals surface area contributed by atoms with E-state index in [0.717, 1.165) is 13.0 Å². The molecule has 0 radical (unpaired) electrons. The fraction of sp³-hybridized carbons (Fsp3) is 0.529. The number of morpholine rings is 1. The van der Waals surface area contributed by atoms with Gasteiger partial charge in [-0.3, -0.25) is 9.59 Å². The number of benzene rings is 1. The monoisotopic (exact) mass is 337 g/mol. The number of hydrogen-bond acceptors (Lipinski definition) is 4. The number of nitrogens with one attached hydrogen (secondary N) is 1. The molecule has 1 aliphatic rings. The maximum atomic E-state index is 13.2. The highest BCUT2D eigenvalue weighted by molar-refractivity contribution is 5.86. The molecule has 2 rings (SSSR count). The van der Waals surface area contributed by atoms with Gasteiger partial charge in [0.15, 0.2) is 6.10 Å². The van der Waals surface area contributed by atoms with E-state index in [4.69, 9.17) is 4.74 Å². The summed E-state index contributed by atoms with van der Waals surface area (Å²) in [7, 11) is 5.57. The van der Waals surface area contributed by atoms with Crippen LogP contribution in [0.3, 0.4) is 0 Å². The molecule has 7 heteroatoms. The minimum atomic E-state index is -0.808. The Balaban J connectivity index is 2.08. The van der Waals surface area contributed by atoms with Crippen molar-refractivity contribution in [1.82, 2.24) is 15.1 Å². The number of carbonyl (C=O) groups is 2. The summed E-state index contributed by atoms with van der Waals surface area (Å²) >= 11 is 0. The molecule has 1 aromatic carbocycles. The van der Waals surface area contributed by atoms with Crippen molar-refractivity contribution in [1.29, 1.82) is 0 Å². The smallest absolute Gasteiger partial charge is 0.251 e. The van der Waals surface area contributed by atoms with Crippen LogP contribution in [0.1, 0.15) is 18.0 Å². The summed E-state index contributed by atoms with van der Waals surface area (Å²) in [6, 6.07) is 5.21. The van der Waals surface area contributed by atoms with Crippen LogP contribution in [0.2, 0.25) is 0 Å². The number of ether oxygens (including phenoxy) is 1. The van der Waals surface area contributed by atoms with Gasteiger partial charge in [0.05, 0.1) is 6.04 Å². The zero-order valence-corrected chi connectivity index (χ0v) is 14.3. The molecule has 2 atom stereocenters. The second kappa shape index (κ2) is 8.21. The van der Waals surface area contributed by atoms with Crippen molar-refractivity contribution in [2.24, 2.45) is 0 Å². The van der Waals surface area contributed by atoms with E-state index >= 15 is 0 Å². The molecule has 24 heavy (non-hydrogen) atoms. The summed E-state index contributed by atoms with van der Waals surface area (Å²) in [4.78, 5) is 27.9. The molecule has 2 amide bonds. The van der Waals surface area contributed by atoms with Gasteiger partial charge in [0.2, 0.25) is 5.91 Å². The Morgan fingerprint density at radius 3 is 2.67 bits per heavy atom. The third-order valence-electron chi connectivity index (χ3n) is 4.04. The quantitative estimate of drug-likeness (QED) is 0.780. The standard InChI is InChI=1S/C17H24FN3O3/c1-20(2)10-4-9-19-17(23)16-15(21(3)14(22)11-24-16)12-5-7-13(18)8-6-12/h5-8,15-16H,4,9-11H2,1-3H3,(H,19,23)/t15-,16-/m0/s1. The summed E-state index contributed by atoms with van der Waals surface area (Å²) in [6.45, 7) is 1.26. The Hall–Kier alpha value is -1.99. The van der Waals surface area contributed by atoms with Gasteiger partial charge in [0.1, 0.15) is 12.4 Å². The van der Waals surface area contributed by atoms with E-state index in [-0.39, 0.29) is 24.2 Å². The Labute approximate surface area is 141 Å². The van der Waals surface area contributed by atoms with Gasteiger partial charge in [0, 0.05) is 13.6 Å². The lowest BCUT2D eigenvalue weighted by atomic mass is 9.97. The summed E-state index contributed by atoms with van der Waals surface area (Å²) in [5.74, 6) is -0.836. The molecule has 0 saturated carbocycles. The van der Waals surface area contributed by atoms with Gasteiger partial charge in [-0.2, -0.15) is 0 Å². The number of halogens is 1. The van der Waals surface area contributed by atoms with Gasteiger partial charge < -0.3 is 19.9 Å². The van der Waals surface area contributed by atoms with E-state index in [9.17, 15) is 14.0 Å². The first kappa shape index (κ1) is 18.4. The molecule has 1 aromatic rings. The molecule has 0 aliphatic carbocycles. The van der Waals surface area contributed by atoms with Crippen molar-refractivity contribution in [2.45, 2.75) is 18.6 Å². The maximum absolute atomic E-state index is 13.2. The predicted octanol–water partition coefficient (Wildman–Crippen LogP) is 0.792. The van der Waals surface area contributed by atoms with Crippen molar-refractivity contribution in [2.75, 3.05) is 40.8 Å². The van der Waals surface area contributed by atoms with Gasteiger partial charge in [-0.25, -0.2) is 4.39 Å². The molecule has 1 saturated heterocycles. The highest BCUT2D eigenvalue weighted by Crippen LogP contribution is 2.29. The molecule has 1 aliphatic heterocycles. The van der Waals surface area contributed by atoms with E-state index in [1.54, 1.807) is 19.2 Å². The second-order valence-electron chi connectivity index (χ2n) is 6.18. The van der Waals surface area contributed by atoms with Crippen LogP contribution < -0.4 is 5.32 Å². The first-order valence-corrected chi connectivity index (χ1v) is 7.95. The van der Waals surface area contributed by atoms with E-state index in [0.29, 0.717) is 12.1 Å². The summed E-state index contributed by atoms with van der Waals surface area (Å²) in [5, 5.41) is 2.85. The van der Waals surface area contributed by atoms with Crippen LogP contribution in [-0.4, -0.2) is 68.6 Å². The Morgan fingerprint density at radius 2 is 2.04 bits per heavy atom. The molecule has 6 nitrogen and oxygen atoms in total. The zero-order chi connectivity index (χ0) is 17.7. The van der Waals surface area contributed by atoms with Crippen LogP contribution in [-0.2, 0) is 14.3 Å². The van der Waals surface area contributed by atoms with E-state index in [1.165, 1.54) is 17.0 Å². The minimum Gasteiger partial charge on any atom is -0.356 e. The minimum absolute atomic E-state index is 0.135. The Bertz CT molecular complexity index is 577. The van der Waals surface area contributed by atoms with Crippen molar-refractivity contribution in [3.05, 3.63) is 35.6 Å². The molecule has 1 heterocycles. The zero-order valence-electron chi connectivity index (χ0n) is 14.3. The third-order valence-corrected chi connectivity index (χ3v) is 4.04. The molecular formula is C17H24FN3O3. The number of carbonyl (C=O) groups excluding carboxylic acids is 2. The highest BCUT2D eigenvalue weighted by atomic mass is 19.1. The summed E-state index contributed by atoms with van der Waals surface area (Å²) in [5.41, 5.74) is 0.667. The number of nitrogens with zero attached hydrogens (tertiary/aromatic N) is 2. The van der Waals surface area contributed by atoms with Crippen LogP contribution >= 0.6 is 0 Å². The maximum Gasteiger partial charge on any atom is 0.251 e. The first-order chi connectivity index (χ1) is 11.4. The fourth-order valence-corrected chi connectivity index (χ4v) is 2.70. The van der Waals surface area contributed by atoms with Crippen LogP contribution in [0.5, 0.6) is 0 Å². The molecular weight excluding hydrogens is 313 g/mol. The number of hydrogen-bond donors (Lipinski definition) is 1. The van der Waals surface area contributed by atoms with Gasteiger partial charge in [-0.15, -0.1) is 0 Å². The lowest BCUT2D eigenvalue weighted by Crippen LogP contribution is -2.53. The van der Waals surface area contributed by atoms with Gasteiger partial charge >= 0.3 is 0 Å². The summed E-state index contributed by atoms with van der Waals surface area (Å²) in [6.07, 6.45) is 0.0130. The van der Waals surface area contributed by atoms with Gasteiger partial charge in [0.25, 0.3) is 5.91 Å². The fourth-order valence-electron chi connectivity index (χ4n) is 2.70. The largest absolute Gasteiger partial charge is 0.356 e. The van der Waals surface area contributed by atoms with Crippen molar-refractivity contribution >= 4 is 11.8 Å². The predicted molar refractivity (Wildman–Crippen MR) is 87.8 cm³/mol. The molecule has 0 spiro atoms. The molecule has 1 N–H and O–H groups in total. The van der Waals surface area contributed by atoms with Crippen molar-refractivity contribution < 1.29 is 18.7 Å². The molecule has 1 fully saturated rings. The number of rotatable bonds is 6. The SMILES string of the molecule is CN(C)CCCNC(=O)[C@H]1OCC(=O)N(C)[C@H]1c1ccc(F)cc1. The molecule has 132 valence electrons. The topological polar surface area (TPSA) is 61.9 Å². The molecule has 0 aromatic heterocycles. The van der Waals surface area contributed by atoms with Crippen molar-refractivity contribution in [3.8, 4) is 0 Å². The van der Waals surface area contributed by atoms with Gasteiger partial charge in [-0.05, 0) is 44.8 Å². The highest BCUT2D eigenvalue weighted by Gasteiger charge is 2.39. The lowest BCUT2D eigenvalue weighted by Gasteiger charge is -2.38. The average molecular weight is 337 g/mol. The lowest BCUT2D eigenvalue weighted by molar-refractivity contribution is -0.162. The van der Waals surface area contributed by atoms with Gasteiger partial charge in [-0.1, -0.05) is 12.1 Å². The van der Waals surface area contributed by atoms with E-state index in [1.807, 2.05) is 19.0 Å². The Kier molecular flexibility index (Phi) is 6.28. The van der Waals surface area contributed by atoms with Crippen LogP contribution in [0.15, 0.2) is 24.3 Å². The number of likely N-dealkylation sites (N-methyl/N-ethyl adjacent to an activating group) is 1. The molecule has 0 unspecified atom stereocenters. The van der Waals surface area contributed by atoms with E-state index < -0.39 is 12.1 Å². The van der Waals surface area contributed by atoms with Crippen LogP contribution in [0.4, 0.5) is 4.39 Å². The number of amides is 2. The van der Waals surface area contributed by atoms with Crippen molar-refractivity contribution in [3.63, 3.8) is 0 Å². The summed E-state index contributed by atoms with van der Waals surface area (Å²) < 4.78 is 18.6. The van der Waals surface area contributed by atoms with E-state index in [2.05, 4.69) is 5.32 Å². The third kappa shape index (κ3) is 4.52. The first-order valence-electron chi connectivity index (χ1n) is 7.95. The average Bonchev–Trinajstić information content (AvgIpc) is 2.54. The molecule has 0 bridgehead atoms. The van der Waals surface area contributed by atoms with Crippen LogP contribution in [0, 0.1) is 5.82 Å². The second-order valence-corrected chi connectivity index (χ2v) is 6.18. The Morgan fingerprint density at radius 1 is 1.38 bits per heavy atom.